The van der Waals surface area contributed by atoms with Crippen molar-refractivity contribution in [3.05, 3.63) is 54.4 Å². The first-order valence-corrected chi connectivity index (χ1v) is 11.4. The first-order valence-electron chi connectivity index (χ1n) is 9.93. The zero-order chi connectivity index (χ0) is 22.9. The minimum Gasteiger partial charge on any atom is -0.497 e. The molecule has 2 aromatic carbocycles. The minimum atomic E-state index is -4.69. The maximum absolute atomic E-state index is 13.4. The highest BCUT2D eigenvalue weighted by molar-refractivity contribution is 7.89. The van der Waals surface area contributed by atoms with E-state index >= 15 is 0 Å². The number of sulfonamides is 1. The van der Waals surface area contributed by atoms with Crippen LogP contribution >= 0.6 is 0 Å². The van der Waals surface area contributed by atoms with Gasteiger partial charge >= 0.3 is 6.18 Å². The van der Waals surface area contributed by atoms with E-state index in [9.17, 15) is 21.6 Å². The van der Waals surface area contributed by atoms with Crippen LogP contribution in [0.3, 0.4) is 0 Å². The average molecular weight is 466 g/mol. The number of ether oxygens (including phenoxy) is 1. The largest absolute Gasteiger partial charge is 0.497 e. The molecule has 0 amide bonds. The highest BCUT2D eigenvalue weighted by atomic mass is 32.2. The van der Waals surface area contributed by atoms with Crippen molar-refractivity contribution in [2.24, 2.45) is 0 Å². The second kappa shape index (κ2) is 8.55. The number of benzene rings is 2. The summed E-state index contributed by atoms with van der Waals surface area (Å²) in [7, 11) is -2.26. The van der Waals surface area contributed by atoms with Gasteiger partial charge in [0.05, 0.1) is 17.5 Å². The van der Waals surface area contributed by atoms with Crippen molar-refractivity contribution >= 4 is 26.7 Å². The molecule has 1 saturated heterocycles. The molecule has 0 unspecified atom stereocenters. The topological polar surface area (TPSA) is 75.6 Å². The fraction of sp³-hybridized carbons (Fsp3) is 0.333. The monoisotopic (exact) mass is 466 g/mol. The summed E-state index contributed by atoms with van der Waals surface area (Å²) < 4.78 is 72.7. The van der Waals surface area contributed by atoms with Crippen LogP contribution in [0.2, 0.25) is 0 Å². The highest BCUT2D eigenvalue weighted by Crippen LogP contribution is 2.32. The third-order valence-corrected chi connectivity index (χ3v) is 7.20. The molecule has 0 radical (unpaired) electrons. The minimum absolute atomic E-state index is 0.119. The fourth-order valence-electron chi connectivity index (χ4n) is 3.67. The van der Waals surface area contributed by atoms with Gasteiger partial charge in [-0.15, -0.1) is 0 Å². The van der Waals surface area contributed by atoms with E-state index in [1.807, 2.05) is 0 Å². The first-order chi connectivity index (χ1) is 15.2. The van der Waals surface area contributed by atoms with Crippen LogP contribution in [-0.2, 0) is 16.2 Å². The number of hydrogen-bond acceptors (Lipinski definition) is 6. The molecule has 0 spiro atoms. The number of rotatable bonds is 4. The molecule has 3 aromatic rings. The maximum Gasteiger partial charge on any atom is 0.451 e. The number of halogens is 3. The van der Waals surface area contributed by atoms with Gasteiger partial charge in [-0.05, 0) is 42.8 Å². The molecular formula is C21H21F3N4O3S. The van der Waals surface area contributed by atoms with Gasteiger partial charge in [-0.25, -0.2) is 18.4 Å². The smallest absolute Gasteiger partial charge is 0.451 e. The van der Waals surface area contributed by atoms with Crippen LogP contribution in [0.5, 0.6) is 5.75 Å². The van der Waals surface area contributed by atoms with Crippen molar-refractivity contribution in [2.45, 2.75) is 17.5 Å². The van der Waals surface area contributed by atoms with Crippen molar-refractivity contribution < 1.29 is 26.3 Å². The summed E-state index contributed by atoms with van der Waals surface area (Å²) in [6, 6.07) is 12.6. The second-order valence-corrected chi connectivity index (χ2v) is 9.24. The van der Waals surface area contributed by atoms with Crippen LogP contribution in [0.4, 0.5) is 19.0 Å². The van der Waals surface area contributed by atoms with Gasteiger partial charge in [0.15, 0.2) is 0 Å². The predicted molar refractivity (Wildman–Crippen MR) is 113 cm³/mol. The number of alkyl halides is 3. The van der Waals surface area contributed by atoms with Gasteiger partial charge in [0.1, 0.15) is 11.6 Å². The molecule has 7 nitrogen and oxygen atoms in total. The van der Waals surface area contributed by atoms with Crippen molar-refractivity contribution in [1.82, 2.24) is 14.3 Å². The van der Waals surface area contributed by atoms with Crippen LogP contribution in [0, 0.1) is 0 Å². The lowest BCUT2D eigenvalue weighted by Crippen LogP contribution is -2.35. The van der Waals surface area contributed by atoms with Crippen LogP contribution in [0.15, 0.2) is 53.4 Å². The summed E-state index contributed by atoms with van der Waals surface area (Å²) >= 11 is 0. The summed E-state index contributed by atoms with van der Waals surface area (Å²) in [6.45, 7) is 0.939. The molecule has 1 aliphatic rings. The Kier molecular flexibility index (Phi) is 5.95. The van der Waals surface area contributed by atoms with Gasteiger partial charge in [0.2, 0.25) is 15.8 Å². The van der Waals surface area contributed by atoms with Crippen LogP contribution < -0.4 is 9.64 Å². The normalized spacial score (nSPS) is 16.2. The molecule has 1 aromatic heterocycles. The first kappa shape index (κ1) is 22.3. The molecule has 2 heterocycles. The molecular weight excluding hydrogens is 445 g/mol. The quantitative estimate of drug-likeness (QED) is 0.585. The second-order valence-electron chi connectivity index (χ2n) is 7.31. The molecule has 0 saturated carbocycles. The lowest BCUT2D eigenvalue weighted by molar-refractivity contribution is -0.144. The molecule has 32 heavy (non-hydrogen) atoms. The number of nitrogens with zero attached hydrogens (tertiary/aromatic N) is 4. The Hall–Kier alpha value is -2.92. The van der Waals surface area contributed by atoms with Gasteiger partial charge < -0.3 is 9.64 Å². The molecule has 11 heteroatoms. The van der Waals surface area contributed by atoms with Gasteiger partial charge in [0, 0.05) is 31.6 Å². The van der Waals surface area contributed by atoms with E-state index in [0.717, 1.165) is 0 Å². The molecule has 170 valence electrons. The Balaban J connectivity index is 1.63. The standard InChI is InChI=1S/C21H21F3N4O3S/c1-31-15-7-9-16(10-8-15)32(29,30)28-12-4-11-27(13-14-28)19-17-5-2-3-6-18(17)25-20(26-19)21(22,23)24/h2-3,5-10H,4,11-14H2,1H3. The third-order valence-electron chi connectivity index (χ3n) is 5.29. The molecule has 0 aliphatic carbocycles. The lowest BCUT2D eigenvalue weighted by atomic mass is 10.2. The van der Waals surface area contributed by atoms with Crippen molar-refractivity contribution in [2.75, 3.05) is 38.2 Å². The van der Waals surface area contributed by atoms with E-state index < -0.39 is 22.0 Å². The van der Waals surface area contributed by atoms with E-state index in [4.69, 9.17) is 4.74 Å². The predicted octanol–water partition coefficient (Wildman–Crippen LogP) is 3.56. The molecule has 0 N–H and O–H groups in total. The molecule has 1 fully saturated rings. The number of aromatic nitrogens is 2. The van der Waals surface area contributed by atoms with Gasteiger partial charge in [-0.3, -0.25) is 0 Å². The Labute approximate surface area is 183 Å². The van der Waals surface area contributed by atoms with Crippen molar-refractivity contribution in [1.29, 1.82) is 0 Å². The SMILES string of the molecule is COc1ccc(S(=O)(=O)N2CCCN(c3nc(C(F)(F)F)nc4ccccc34)CC2)cc1. The molecule has 1 aliphatic heterocycles. The molecule has 4 rings (SSSR count). The van der Waals surface area contributed by atoms with Gasteiger partial charge in [-0.1, -0.05) is 12.1 Å². The fourth-order valence-corrected chi connectivity index (χ4v) is 5.14. The zero-order valence-corrected chi connectivity index (χ0v) is 18.0. The Morgan fingerprint density at radius 3 is 2.34 bits per heavy atom. The highest BCUT2D eigenvalue weighted by Gasteiger charge is 2.36. The van der Waals surface area contributed by atoms with Crippen LogP contribution in [0.25, 0.3) is 10.9 Å². The summed E-state index contributed by atoms with van der Waals surface area (Å²) in [5, 5.41) is 0.493. The third kappa shape index (κ3) is 4.35. The van der Waals surface area contributed by atoms with Crippen LogP contribution in [0.1, 0.15) is 12.2 Å². The van der Waals surface area contributed by atoms with E-state index in [-0.39, 0.29) is 35.9 Å². The summed E-state index contributed by atoms with van der Waals surface area (Å²) in [5.74, 6) is -0.508. The van der Waals surface area contributed by atoms with Gasteiger partial charge in [-0.2, -0.15) is 17.5 Å². The zero-order valence-electron chi connectivity index (χ0n) is 17.2. The van der Waals surface area contributed by atoms with Crippen molar-refractivity contribution in [3.8, 4) is 5.75 Å². The number of anilines is 1. The maximum atomic E-state index is 13.4. The van der Waals surface area contributed by atoms with Crippen molar-refractivity contribution in [3.63, 3.8) is 0 Å². The van der Waals surface area contributed by atoms with E-state index in [1.165, 1.54) is 29.6 Å². The number of para-hydroxylation sites is 1. The number of hydrogen-bond donors (Lipinski definition) is 0. The van der Waals surface area contributed by atoms with Crippen LogP contribution in [-0.4, -0.2) is 56.0 Å². The van der Waals surface area contributed by atoms with E-state index in [2.05, 4.69) is 9.97 Å². The number of fused-ring (bicyclic) bond motifs is 1. The average Bonchev–Trinajstić information content (AvgIpc) is 3.04. The summed E-state index contributed by atoms with van der Waals surface area (Å²) in [6.07, 6.45) is -4.25. The summed E-state index contributed by atoms with van der Waals surface area (Å²) in [4.78, 5) is 9.30. The van der Waals surface area contributed by atoms with Gasteiger partial charge in [0.25, 0.3) is 0 Å². The van der Waals surface area contributed by atoms with E-state index in [1.54, 1.807) is 35.2 Å². The lowest BCUT2D eigenvalue weighted by Gasteiger charge is -2.24. The van der Waals surface area contributed by atoms with E-state index in [0.29, 0.717) is 24.1 Å². The Morgan fingerprint density at radius 1 is 0.938 bits per heavy atom. The summed E-state index contributed by atoms with van der Waals surface area (Å²) in [5.41, 5.74) is 0.191. The number of methoxy groups -OCH3 is 1. The molecule has 0 atom stereocenters. The Bertz CT molecular complexity index is 1220. The Morgan fingerprint density at radius 2 is 1.66 bits per heavy atom. The molecule has 0 bridgehead atoms.